The molecule has 1 aliphatic heterocycles. The van der Waals surface area contributed by atoms with Gasteiger partial charge in [-0.2, -0.15) is 0 Å². The summed E-state index contributed by atoms with van der Waals surface area (Å²) in [6.07, 6.45) is 0. The molecule has 2 aromatic carbocycles. The number of benzene rings is 2. The van der Waals surface area contributed by atoms with E-state index in [0.29, 0.717) is 26.2 Å². The number of nitrogens with zero attached hydrogens (tertiary/aromatic N) is 2. The van der Waals surface area contributed by atoms with E-state index in [1.807, 2.05) is 42.3 Å². The van der Waals surface area contributed by atoms with E-state index in [2.05, 4.69) is 17.0 Å². The maximum absolute atomic E-state index is 13.4. The van der Waals surface area contributed by atoms with Gasteiger partial charge in [0.05, 0.1) is 4.88 Å². The average Bonchev–Trinajstić information content (AvgIpc) is 3.23. The van der Waals surface area contributed by atoms with E-state index in [1.165, 1.54) is 23.0 Å². The Morgan fingerprint density at radius 2 is 1.84 bits per heavy atom. The van der Waals surface area contributed by atoms with Crippen LogP contribution in [-0.2, 0) is 13.2 Å². The molecule has 4 nitrogen and oxygen atoms in total. The summed E-state index contributed by atoms with van der Waals surface area (Å²) in [4.78, 5) is 17.8. The molecule has 1 amide bonds. The van der Waals surface area contributed by atoms with Crippen LogP contribution in [-0.4, -0.2) is 41.9 Å². The van der Waals surface area contributed by atoms with Gasteiger partial charge in [-0.3, -0.25) is 9.69 Å². The monoisotopic (exact) mass is 438 g/mol. The summed E-state index contributed by atoms with van der Waals surface area (Å²) in [5, 5.41) is 2.00. The van der Waals surface area contributed by atoms with Crippen molar-refractivity contribution < 1.29 is 13.9 Å². The first-order chi connectivity index (χ1) is 15.0. The second-order valence-electron chi connectivity index (χ2n) is 8.08. The molecular formula is C25H27FN2O2S. The van der Waals surface area contributed by atoms with Gasteiger partial charge in [-0.25, -0.2) is 4.39 Å². The fraction of sp³-hybridized carbons (Fsp3) is 0.320. The Bertz CT molecular complexity index is 1060. The first-order valence-electron chi connectivity index (χ1n) is 10.5. The topological polar surface area (TPSA) is 32.8 Å². The minimum Gasteiger partial charge on any atom is -0.489 e. The number of carbonyl (C=O) groups is 1. The highest BCUT2D eigenvalue weighted by Crippen LogP contribution is 2.23. The van der Waals surface area contributed by atoms with Crippen molar-refractivity contribution in [3.8, 4) is 5.75 Å². The zero-order valence-electron chi connectivity index (χ0n) is 17.9. The molecule has 1 aliphatic rings. The molecule has 1 aromatic heterocycles. The van der Waals surface area contributed by atoms with Crippen molar-refractivity contribution in [2.24, 2.45) is 0 Å². The van der Waals surface area contributed by atoms with E-state index in [9.17, 15) is 9.18 Å². The molecule has 2 heterocycles. The normalized spacial score (nSPS) is 14.6. The lowest BCUT2D eigenvalue weighted by atomic mass is 10.1. The van der Waals surface area contributed by atoms with Crippen LogP contribution in [0, 0.1) is 19.7 Å². The van der Waals surface area contributed by atoms with Crippen molar-refractivity contribution >= 4 is 17.2 Å². The second kappa shape index (κ2) is 9.62. The molecule has 0 atom stereocenters. The summed E-state index contributed by atoms with van der Waals surface area (Å²) in [7, 11) is 0. The van der Waals surface area contributed by atoms with Gasteiger partial charge in [0.25, 0.3) is 5.91 Å². The molecule has 0 aliphatic carbocycles. The van der Waals surface area contributed by atoms with E-state index in [-0.39, 0.29) is 11.7 Å². The van der Waals surface area contributed by atoms with E-state index in [4.69, 9.17) is 4.74 Å². The van der Waals surface area contributed by atoms with Gasteiger partial charge in [0.15, 0.2) is 0 Å². The standard InChI is InChI=1S/C25H27FN2O2S/c1-18-6-7-19(2)23(12-18)30-16-21-14-24(31-17-21)25(29)28-10-8-27(9-11-28)15-20-4-3-5-22(26)13-20/h3-7,12-14,17H,8-11,15-16H2,1-2H3. The first-order valence-corrected chi connectivity index (χ1v) is 11.4. The zero-order valence-corrected chi connectivity index (χ0v) is 18.8. The summed E-state index contributed by atoms with van der Waals surface area (Å²) >= 11 is 1.47. The Morgan fingerprint density at radius 3 is 2.61 bits per heavy atom. The van der Waals surface area contributed by atoms with Gasteiger partial charge in [0, 0.05) is 38.3 Å². The highest BCUT2D eigenvalue weighted by atomic mass is 32.1. The van der Waals surface area contributed by atoms with Gasteiger partial charge < -0.3 is 9.64 Å². The van der Waals surface area contributed by atoms with Gasteiger partial charge in [-0.1, -0.05) is 24.3 Å². The largest absolute Gasteiger partial charge is 0.489 e. The van der Waals surface area contributed by atoms with Crippen LogP contribution in [0.25, 0.3) is 0 Å². The molecule has 1 saturated heterocycles. The van der Waals surface area contributed by atoms with Crippen LogP contribution in [0.5, 0.6) is 5.75 Å². The van der Waals surface area contributed by atoms with Crippen molar-refractivity contribution in [1.82, 2.24) is 9.80 Å². The van der Waals surface area contributed by atoms with Crippen LogP contribution >= 0.6 is 11.3 Å². The summed E-state index contributed by atoms with van der Waals surface area (Å²) in [6.45, 7) is 8.18. The van der Waals surface area contributed by atoms with E-state index in [1.54, 1.807) is 12.1 Å². The highest BCUT2D eigenvalue weighted by molar-refractivity contribution is 7.12. The molecule has 0 radical (unpaired) electrons. The van der Waals surface area contributed by atoms with E-state index < -0.39 is 0 Å². The predicted octanol–water partition coefficient (Wildman–Crippen LogP) is 5.04. The molecule has 0 bridgehead atoms. The number of thiophene rings is 1. The Hall–Kier alpha value is -2.70. The molecule has 31 heavy (non-hydrogen) atoms. The van der Waals surface area contributed by atoms with Crippen molar-refractivity contribution in [3.05, 3.63) is 86.9 Å². The molecule has 3 aromatic rings. The average molecular weight is 439 g/mol. The SMILES string of the molecule is Cc1ccc(C)c(OCc2csc(C(=O)N3CCN(Cc4cccc(F)c4)CC3)c2)c1. The van der Waals surface area contributed by atoms with Crippen molar-refractivity contribution in [2.45, 2.75) is 27.0 Å². The second-order valence-corrected chi connectivity index (χ2v) is 8.99. The Labute approximate surface area is 186 Å². The van der Waals surface area contributed by atoms with Crippen LogP contribution in [0.1, 0.15) is 31.9 Å². The maximum Gasteiger partial charge on any atom is 0.264 e. The van der Waals surface area contributed by atoms with E-state index >= 15 is 0 Å². The lowest BCUT2D eigenvalue weighted by molar-refractivity contribution is 0.0633. The molecule has 0 unspecified atom stereocenters. The van der Waals surface area contributed by atoms with Crippen molar-refractivity contribution in [1.29, 1.82) is 0 Å². The third-order valence-electron chi connectivity index (χ3n) is 5.56. The number of amides is 1. The molecule has 0 N–H and O–H groups in total. The third kappa shape index (κ3) is 5.51. The van der Waals surface area contributed by atoms with Crippen LogP contribution < -0.4 is 4.74 Å². The number of rotatable bonds is 6. The van der Waals surface area contributed by atoms with Crippen LogP contribution in [0.15, 0.2) is 53.9 Å². The quantitative estimate of drug-likeness (QED) is 0.541. The predicted molar refractivity (Wildman–Crippen MR) is 122 cm³/mol. The van der Waals surface area contributed by atoms with Crippen molar-refractivity contribution in [2.75, 3.05) is 26.2 Å². The highest BCUT2D eigenvalue weighted by Gasteiger charge is 2.23. The molecule has 1 fully saturated rings. The van der Waals surface area contributed by atoms with Crippen LogP contribution in [0.4, 0.5) is 4.39 Å². The molecule has 6 heteroatoms. The summed E-state index contributed by atoms with van der Waals surface area (Å²) in [5.74, 6) is 0.753. The zero-order chi connectivity index (χ0) is 21.8. The Balaban J connectivity index is 1.29. The van der Waals surface area contributed by atoms with E-state index in [0.717, 1.165) is 40.4 Å². The first kappa shape index (κ1) is 21.5. The number of hydrogen-bond donors (Lipinski definition) is 0. The number of aryl methyl sites for hydroxylation is 2. The lowest BCUT2D eigenvalue weighted by Crippen LogP contribution is -2.48. The van der Waals surface area contributed by atoms with Crippen LogP contribution in [0.3, 0.4) is 0 Å². The molecule has 0 spiro atoms. The number of halogens is 1. The fourth-order valence-electron chi connectivity index (χ4n) is 3.75. The molecule has 162 valence electrons. The van der Waals surface area contributed by atoms with Gasteiger partial charge >= 0.3 is 0 Å². The number of carbonyl (C=O) groups excluding carboxylic acids is 1. The Kier molecular flexibility index (Phi) is 6.68. The lowest BCUT2D eigenvalue weighted by Gasteiger charge is -2.34. The fourth-order valence-corrected chi connectivity index (χ4v) is 4.61. The maximum atomic E-state index is 13.4. The van der Waals surface area contributed by atoms with Crippen molar-refractivity contribution in [3.63, 3.8) is 0 Å². The van der Waals surface area contributed by atoms with Gasteiger partial charge in [0.1, 0.15) is 18.2 Å². The van der Waals surface area contributed by atoms with Gasteiger partial charge in [-0.05, 0) is 60.2 Å². The minimum absolute atomic E-state index is 0.0772. The summed E-state index contributed by atoms with van der Waals surface area (Å²) < 4.78 is 19.4. The van der Waals surface area contributed by atoms with Crippen LogP contribution in [0.2, 0.25) is 0 Å². The third-order valence-corrected chi connectivity index (χ3v) is 6.52. The summed E-state index contributed by atoms with van der Waals surface area (Å²) in [5.41, 5.74) is 4.25. The van der Waals surface area contributed by atoms with Gasteiger partial charge in [0.2, 0.25) is 0 Å². The molecule has 0 saturated carbocycles. The Morgan fingerprint density at radius 1 is 1.03 bits per heavy atom. The number of hydrogen-bond acceptors (Lipinski definition) is 4. The summed E-state index contributed by atoms with van der Waals surface area (Å²) in [6, 6.07) is 14.8. The smallest absolute Gasteiger partial charge is 0.264 e. The molecule has 4 rings (SSSR count). The molecular weight excluding hydrogens is 411 g/mol. The minimum atomic E-state index is -0.207. The van der Waals surface area contributed by atoms with Gasteiger partial charge in [-0.15, -0.1) is 11.3 Å². The number of piperazine rings is 1. The number of ether oxygens (including phenoxy) is 1.